The second-order valence-corrected chi connectivity index (χ2v) is 4.09. The average molecular weight is 226 g/mol. The van der Waals surface area contributed by atoms with Gasteiger partial charge in [-0.2, -0.15) is 0 Å². The minimum absolute atomic E-state index is 0.190. The molecule has 0 fully saturated rings. The van der Waals surface area contributed by atoms with Crippen LogP contribution in [0.2, 0.25) is 0 Å². The molecule has 3 heteroatoms. The summed E-state index contributed by atoms with van der Waals surface area (Å²) in [4.78, 5) is 2.10. The highest BCUT2D eigenvalue weighted by atomic mass is 35.5. The molecule has 15 heavy (non-hydrogen) atoms. The number of allylic oxidation sites excluding steroid dienone is 1. The van der Waals surface area contributed by atoms with Crippen LogP contribution in [-0.2, 0) is 0 Å². The van der Waals surface area contributed by atoms with E-state index in [2.05, 4.69) is 11.0 Å². The predicted molar refractivity (Wildman–Crippen MR) is 63.0 cm³/mol. The van der Waals surface area contributed by atoms with E-state index in [4.69, 9.17) is 11.6 Å². The fourth-order valence-corrected chi connectivity index (χ4v) is 2.10. The number of nitrogens with zero attached hydrogens (tertiary/aromatic N) is 1. The van der Waals surface area contributed by atoms with Gasteiger partial charge in [-0.05, 0) is 30.2 Å². The normalized spacial score (nSPS) is 14.9. The summed E-state index contributed by atoms with van der Waals surface area (Å²) in [7, 11) is 2.00. The molecular weight excluding hydrogens is 213 g/mol. The zero-order chi connectivity index (χ0) is 10.8. The van der Waals surface area contributed by atoms with Gasteiger partial charge in [-0.3, -0.25) is 0 Å². The molecule has 0 atom stereocenters. The fraction of sp³-hybridized carbons (Fsp3) is 0.333. The van der Waals surface area contributed by atoms with E-state index in [-0.39, 0.29) is 5.82 Å². The number of alkyl halides is 1. The summed E-state index contributed by atoms with van der Waals surface area (Å²) < 4.78 is 13.2. The van der Waals surface area contributed by atoms with Crippen molar-refractivity contribution in [2.24, 2.45) is 0 Å². The van der Waals surface area contributed by atoms with Gasteiger partial charge in [0.1, 0.15) is 5.82 Å². The number of likely N-dealkylation sites (N-methyl/N-ethyl adjacent to an activating group) is 1. The van der Waals surface area contributed by atoms with Crippen molar-refractivity contribution in [2.45, 2.75) is 6.42 Å². The lowest BCUT2D eigenvalue weighted by Crippen LogP contribution is -2.22. The van der Waals surface area contributed by atoms with Gasteiger partial charge >= 0.3 is 0 Å². The highest BCUT2D eigenvalue weighted by Gasteiger charge is 2.16. The lowest BCUT2D eigenvalue weighted by molar-refractivity contribution is 0.627. The molecule has 80 valence electrons. The summed E-state index contributed by atoms with van der Waals surface area (Å²) in [5.41, 5.74) is 3.21. The van der Waals surface area contributed by atoms with Crippen molar-refractivity contribution in [3.05, 3.63) is 35.7 Å². The fourth-order valence-electron chi connectivity index (χ4n) is 1.89. The van der Waals surface area contributed by atoms with E-state index < -0.39 is 0 Å². The second-order valence-electron chi connectivity index (χ2n) is 3.71. The van der Waals surface area contributed by atoms with Crippen molar-refractivity contribution in [2.75, 3.05) is 24.4 Å². The van der Waals surface area contributed by atoms with Gasteiger partial charge in [0.05, 0.1) is 0 Å². The molecule has 0 amide bonds. The number of fused-ring (bicyclic) bond motifs is 1. The number of anilines is 1. The average Bonchev–Trinajstić information content (AvgIpc) is 2.22. The predicted octanol–water partition coefficient (Wildman–Crippen LogP) is 3.29. The van der Waals surface area contributed by atoms with E-state index in [9.17, 15) is 4.39 Å². The molecular formula is C12H13ClFN. The molecule has 1 heterocycles. The number of benzene rings is 1. The molecule has 0 radical (unpaired) electrons. The SMILES string of the molecule is CN1CC=C(CCCl)c2cc(F)ccc21. The van der Waals surface area contributed by atoms with Crippen molar-refractivity contribution in [3.8, 4) is 0 Å². The molecule has 1 aliphatic heterocycles. The van der Waals surface area contributed by atoms with Gasteiger partial charge in [0.15, 0.2) is 0 Å². The van der Waals surface area contributed by atoms with E-state index in [1.807, 2.05) is 13.1 Å². The van der Waals surface area contributed by atoms with E-state index >= 15 is 0 Å². The van der Waals surface area contributed by atoms with Crippen LogP contribution in [0, 0.1) is 5.82 Å². The number of rotatable bonds is 2. The van der Waals surface area contributed by atoms with Gasteiger partial charge < -0.3 is 4.90 Å². The molecule has 0 N–H and O–H groups in total. The maximum atomic E-state index is 13.2. The van der Waals surface area contributed by atoms with Crippen LogP contribution in [0.25, 0.3) is 5.57 Å². The van der Waals surface area contributed by atoms with Crippen molar-refractivity contribution in [3.63, 3.8) is 0 Å². The number of halogens is 2. The zero-order valence-electron chi connectivity index (χ0n) is 8.63. The quantitative estimate of drug-likeness (QED) is 0.699. The first-order valence-corrected chi connectivity index (χ1v) is 5.52. The second kappa shape index (κ2) is 4.23. The van der Waals surface area contributed by atoms with E-state index in [0.29, 0.717) is 5.88 Å². The Balaban J connectivity index is 2.45. The lowest BCUT2D eigenvalue weighted by atomic mass is 9.97. The summed E-state index contributed by atoms with van der Waals surface area (Å²) in [6.45, 7) is 0.866. The van der Waals surface area contributed by atoms with Crippen LogP contribution < -0.4 is 4.90 Å². The van der Waals surface area contributed by atoms with Crippen LogP contribution >= 0.6 is 11.6 Å². The molecule has 0 saturated carbocycles. The molecule has 0 saturated heterocycles. The van der Waals surface area contributed by atoms with Crippen molar-refractivity contribution < 1.29 is 4.39 Å². The third kappa shape index (κ3) is 2.00. The van der Waals surface area contributed by atoms with Gasteiger partial charge in [0.25, 0.3) is 0 Å². The summed E-state index contributed by atoms with van der Waals surface area (Å²) in [6.07, 6.45) is 2.91. The largest absolute Gasteiger partial charge is 0.370 e. The van der Waals surface area contributed by atoms with Crippen LogP contribution in [0.4, 0.5) is 10.1 Å². The van der Waals surface area contributed by atoms with Crippen molar-refractivity contribution in [1.82, 2.24) is 0 Å². The molecule has 2 rings (SSSR count). The molecule has 1 aromatic carbocycles. The molecule has 1 nitrogen and oxygen atoms in total. The number of hydrogen-bond acceptors (Lipinski definition) is 1. The van der Waals surface area contributed by atoms with E-state index in [0.717, 1.165) is 29.8 Å². The third-order valence-corrected chi connectivity index (χ3v) is 2.88. The molecule has 0 bridgehead atoms. The summed E-state index contributed by atoms with van der Waals surface area (Å²) >= 11 is 5.73. The van der Waals surface area contributed by atoms with Crippen LogP contribution in [-0.4, -0.2) is 19.5 Å². The minimum atomic E-state index is -0.190. The minimum Gasteiger partial charge on any atom is -0.370 e. The maximum Gasteiger partial charge on any atom is 0.123 e. The van der Waals surface area contributed by atoms with Crippen LogP contribution in [0.1, 0.15) is 12.0 Å². The molecule has 1 aromatic rings. The highest BCUT2D eigenvalue weighted by Crippen LogP contribution is 2.33. The van der Waals surface area contributed by atoms with E-state index in [1.165, 1.54) is 6.07 Å². The Kier molecular flexibility index (Phi) is 2.96. The Hall–Kier alpha value is -1.02. The lowest BCUT2D eigenvalue weighted by Gasteiger charge is -2.27. The van der Waals surface area contributed by atoms with E-state index in [1.54, 1.807) is 6.07 Å². The van der Waals surface area contributed by atoms with Crippen LogP contribution in [0.15, 0.2) is 24.3 Å². The monoisotopic (exact) mass is 225 g/mol. The smallest absolute Gasteiger partial charge is 0.123 e. The Morgan fingerprint density at radius 3 is 3.00 bits per heavy atom. The van der Waals surface area contributed by atoms with Gasteiger partial charge in [-0.15, -0.1) is 11.6 Å². The van der Waals surface area contributed by atoms with Gasteiger partial charge in [0, 0.05) is 30.7 Å². The molecule has 0 aliphatic carbocycles. The Morgan fingerprint density at radius 2 is 2.27 bits per heavy atom. The van der Waals surface area contributed by atoms with Gasteiger partial charge in [-0.25, -0.2) is 4.39 Å². The summed E-state index contributed by atoms with van der Waals surface area (Å²) in [5.74, 6) is 0.385. The van der Waals surface area contributed by atoms with Crippen molar-refractivity contribution in [1.29, 1.82) is 0 Å². The topological polar surface area (TPSA) is 3.24 Å². The molecule has 0 unspecified atom stereocenters. The molecule has 0 aromatic heterocycles. The third-order valence-electron chi connectivity index (χ3n) is 2.69. The van der Waals surface area contributed by atoms with Gasteiger partial charge in [-0.1, -0.05) is 6.08 Å². The summed E-state index contributed by atoms with van der Waals surface area (Å²) in [5, 5.41) is 0. The molecule has 0 spiro atoms. The Labute approximate surface area is 94.2 Å². The highest BCUT2D eigenvalue weighted by molar-refractivity contribution is 6.18. The van der Waals surface area contributed by atoms with Crippen LogP contribution in [0.5, 0.6) is 0 Å². The Bertz CT molecular complexity index is 401. The summed E-state index contributed by atoms with van der Waals surface area (Å²) in [6, 6.07) is 4.91. The first-order chi connectivity index (χ1) is 7.22. The maximum absolute atomic E-state index is 13.2. The van der Waals surface area contributed by atoms with Crippen LogP contribution in [0.3, 0.4) is 0 Å². The number of hydrogen-bond donors (Lipinski definition) is 0. The molecule has 1 aliphatic rings. The first kappa shape index (κ1) is 10.5. The standard InChI is InChI=1S/C12H13ClFN/c1-15-7-5-9(4-6-13)11-8-10(14)2-3-12(11)15/h2-3,5,8H,4,6-7H2,1H3. The first-order valence-electron chi connectivity index (χ1n) is 4.98. The Morgan fingerprint density at radius 1 is 1.47 bits per heavy atom. The van der Waals surface area contributed by atoms with Gasteiger partial charge in [0.2, 0.25) is 0 Å². The zero-order valence-corrected chi connectivity index (χ0v) is 9.39. The van der Waals surface area contributed by atoms with Crippen molar-refractivity contribution >= 4 is 22.9 Å².